The van der Waals surface area contributed by atoms with Crippen molar-refractivity contribution < 1.29 is 22.4 Å². The van der Waals surface area contributed by atoms with Gasteiger partial charge in [-0.3, -0.25) is 9.80 Å². The molecule has 4 rings (SSSR count). The number of ether oxygens (including phenoxy) is 1. The lowest BCUT2D eigenvalue weighted by molar-refractivity contribution is -0.274. The van der Waals surface area contributed by atoms with E-state index in [1.807, 2.05) is 24.3 Å². The second kappa shape index (κ2) is 11.3. The maximum atomic E-state index is 12.3. The van der Waals surface area contributed by atoms with Crippen LogP contribution in [0, 0.1) is 0 Å². The Balaban J connectivity index is 1.25. The fourth-order valence-electron chi connectivity index (χ4n) is 4.11. The zero-order chi connectivity index (χ0) is 24.8. The Bertz CT molecular complexity index is 1080. The van der Waals surface area contributed by atoms with Crippen molar-refractivity contribution >= 4 is 17.3 Å². The third-order valence-electron chi connectivity index (χ3n) is 6.05. The van der Waals surface area contributed by atoms with Crippen molar-refractivity contribution in [2.75, 3.05) is 50.7 Å². The number of halogens is 4. The molecule has 0 amide bonds. The second-order valence-electron chi connectivity index (χ2n) is 8.43. The summed E-state index contributed by atoms with van der Waals surface area (Å²) in [6.07, 6.45) is -4.71. The first-order valence-corrected chi connectivity index (χ1v) is 11.9. The van der Waals surface area contributed by atoms with Crippen molar-refractivity contribution in [1.82, 2.24) is 15.0 Å². The summed E-state index contributed by atoms with van der Waals surface area (Å²) in [6.45, 7) is 9.34. The molecule has 0 aliphatic carbocycles. The molecule has 0 bridgehead atoms. The summed E-state index contributed by atoms with van der Waals surface area (Å²) < 4.78 is 46.4. The molecule has 1 saturated heterocycles. The number of likely N-dealkylation sites (N-methyl/N-ethyl adjacent to an activating group) is 1. The van der Waals surface area contributed by atoms with E-state index in [2.05, 4.69) is 37.6 Å². The largest absolute Gasteiger partial charge is 0.573 e. The fourth-order valence-corrected chi connectivity index (χ4v) is 4.29. The Morgan fingerprint density at radius 1 is 1.06 bits per heavy atom. The van der Waals surface area contributed by atoms with Gasteiger partial charge in [0.25, 0.3) is 0 Å². The zero-order valence-electron chi connectivity index (χ0n) is 19.5. The lowest BCUT2D eigenvalue weighted by Crippen LogP contribution is -2.48. The van der Waals surface area contributed by atoms with E-state index in [0.29, 0.717) is 23.6 Å². The van der Waals surface area contributed by atoms with Crippen LogP contribution in [0.3, 0.4) is 0 Å². The van der Waals surface area contributed by atoms with Gasteiger partial charge in [0.2, 0.25) is 0 Å². The number of anilines is 1. The van der Waals surface area contributed by atoms with Gasteiger partial charge in [-0.15, -0.1) is 13.2 Å². The molecule has 0 unspecified atom stereocenters. The number of nitrogens with zero attached hydrogens (tertiary/aromatic N) is 4. The quantitative estimate of drug-likeness (QED) is 0.378. The molecule has 1 aromatic heterocycles. The first kappa shape index (κ1) is 25.3. The predicted molar refractivity (Wildman–Crippen MR) is 130 cm³/mol. The highest BCUT2D eigenvalue weighted by atomic mass is 35.5. The average Bonchev–Trinajstić information content (AvgIpc) is 3.30. The first-order valence-electron chi connectivity index (χ1n) is 11.6. The first-order chi connectivity index (χ1) is 16.8. The number of hydrogen-bond donors (Lipinski definition) is 0. The van der Waals surface area contributed by atoms with Crippen LogP contribution < -0.4 is 9.64 Å². The summed E-state index contributed by atoms with van der Waals surface area (Å²) in [6, 6.07) is 15.4. The predicted octanol–water partition coefficient (Wildman–Crippen LogP) is 5.54. The Kier molecular flexibility index (Phi) is 8.20. The molecule has 2 heterocycles. The minimum Gasteiger partial charge on any atom is -0.406 e. The standard InChI is InChI=1S/C25H28ClF3N4O2/c1-2-31(10-11-32-12-14-33(15-13-32)21-5-3-4-20(26)16-21)18-23-17-24(30-35-23)19-6-8-22(9-7-19)34-25(27,28)29/h3-9,16-17H,2,10-15,18H2,1H3. The fraction of sp³-hybridized carbons (Fsp3) is 0.400. The van der Waals surface area contributed by atoms with E-state index in [4.69, 9.17) is 16.1 Å². The number of rotatable bonds is 9. The van der Waals surface area contributed by atoms with Crippen LogP contribution in [0.5, 0.6) is 5.75 Å². The van der Waals surface area contributed by atoms with E-state index >= 15 is 0 Å². The number of benzene rings is 2. The smallest absolute Gasteiger partial charge is 0.406 e. The van der Waals surface area contributed by atoms with Crippen molar-refractivity contribution in [3.8, 4) is 17.0 Å². The number of aromatic nitrogens is 1. The summed E-state index contributed by atoms with van der Waals surface area (Å²) in [5, 5.41) is 4.84. The van der Waals surface area contributed by atoms with Gasteiger partial charge < -0.3 is 14.2 Å². The van der Waals surface area contributed by atoms with Crippen LogP contribution >= 0.6 is 11.6 Å². The van der Waals surface area contributed by atoms with E-state index < -0.39 is 6.36 Å². The van der Waals surface area contributed by atoms with Crippen molar-refractivity contribution in [2.24, 2.45) is 0 Å². The molecule has 0 spiro atoms. The van der Waals surface area contributed by atoms with Crippen molar-refractivity contribution in [3.05, 3.63) is 65.4 Å². The highest BCUT2D eigenvalue weighted by Crippen LogP contribution is 2.27. The Morgan fingerprint density at radius 2 is 1.80 bits per heavy atom. The lowest BCUT2D eigenvalue weighted by Gasteiger charge is -2.37. The van der Waals surface area contributed by atoms with Gasteiger partial charge in [0.05, 0.1) is 6.54 Å². The van der Waals surface area contributed by atoms with E-state index in [9.17, 15) is 13.2 Å². The molecule has 1 fully saturated rings. The topological polar surface area (TPSA) is 45.0 Å². The van der Waals surface area contributed by atoms with Crippen LogP contribution in [0.4, 0.5) is 18.9 Å². The molecule has 0 atom stereocenters. The van der Waals surface area contributed by atoms with Gasteiger partial charge in [0.15, 0.2) is 5.76 Å². The zero-order valence-corrected chi connectivity index (χ0v) is 20.2. The normalized spacial score (nSPS) is 15.1. The monoisotopic (exact) mass is 508 g/mol. The van der Waals surface area contributed by atoms with Gasteiger partial charge in [-0.05, 0) is 49.0 Å². The van der Waals surface area contributed by atoms with Crippen LogP contribution in [0.25, 0.3) is 11.3 Å². The SMILES string of the molecule is CCN(CCN1CCN(c2cccc(Cl)c2)CC1)Cc1cc(-c2ccc(OC(F)(F)F)cc2)no1. The minimum atomic E-state index is -4.71. The molecule has 2 aromatic carbocycles. The molecular formula is C25H28ClF3N4O2. The molecule has 0 N–H and O–H groups in total. The van der Waals surface area contributed by atoms with E-state index in [1.165, 1.54) is 24.3 Å². The highest BCUT2D eigenvalue weighted by molar-refractivity contribution is 6.30. The Morgan fingerprint density at radius 3 is 2.46 bits per heavy atom. The van der Waals surface area contributed by atoms with E-state index in [1.54, 1.807) is 0 Å². The molecule has 1 aliphatic rings. The number of piperazine rings is 1. The summed E-state index contributed by atoms with van der Waals surface area (Å²) in [5.74, 6) is 0.443. The third-order valence-corrected chi connectivity index (χ3v) is 6.28. The van der Waals surface area contributed by atoms with Gasteiger partial charge in [-0.1, -0.05) is 29.7 Å². The van der Waals surface area contributed by atoms with Crippen LogP contribution in [0.15, 0.2) is 59.1 Å². The molecule has 10 heteroatoms. The number of hydrogen-bond acceptors (Lipinski definition) is 6. The molecule has 0 saturated carbocycles. The Labute approximate surface area is 207 Å². The van der Waals surface area contributed by atoms with Gasteiger partial charge >= 0.3 is 6.36 Å². The molecule has 0 radical (unpaired) electrons. The molecule has 1 aliphatic heterocycles. The van der Waals surface area contributed by atoms with E-state index in [-0.39, 0.29) is 5.75 Å². The van der Waals surface area contributed by atoms with Gasteiger partial charge in [0, 0.05) is 61.6 Å². The summed E-state index contributed by atoms with van der Waals surface area (Å²) in [7, 11) is 0. The van der Waals surface area contributed by atoms with Crippen molar-refractivity contribution in [2.45, 2.75) is 19.8 Å². The van der Waals surface area contributed by atoms with Crippen LogP contribution in [0.1, 0.15) is 12.7 Å². The van der Waals surface area contributed by atoms with Crippen LogP contribution in [0.2, 0.25) is 5.02 Å². The molecule has 3 aromatic rings. The van der Waals surface area contributed by atoms with Gasteiger partial charge in [-0.2, -0.15) is 0 Å². The van der Waals surface area contributed by atoms with Crippen LogP contribution in [-0.2, 0) is 6.54 Å². The second-order valence-corrected chi connectivity index (χ2v) is 8.86. The van der Waals surface area contributed by atoms with Gasteiger partial charge in [-0.25, -0.2) is 0 Å². The molecule has 188 valence electrons. The summed E-state index contributed by atoms with van der Waals surface area (Å²) in [5.41, 5.74) is 2.40. The van der Waals surface area contributed by atoms with Crippen molar-refractivity contribution in [3.63, 3.8) is 0 Å². The average molecular weight is 509 g/mol. The maximum absolute atomic E-state index is 12.3. The third kappa shape index (κ3) is 7.37. The molecule has 6 nitrogen and oxygen atoms in total. The summed E-state index contributed by atoms with van der Waals surface area (Å²) >= 11 is 6.13. The van der Waals surface area contributed by atoms with Crippen LogP contribution in [-0.4, -0.2) is 67.1 Å². The number of alkyl halides is 3. The Hall–Kier alpha value is -2.75. The van der Waals surface area contributed by atoms with Crippen molar-refractivity contribution in [1.29, 1.82) is 0 Å². The molecular weight excluding hydrogens is 481 g/mol. The van der Waals surface area contributed by atoms with Gasteiger partial charge in [0.1, 0.15) is 11.4 Å². The molecule has 35 heavy (non-hydrogen) atoms. The highest BCUT2D eigenvalue weighted by Gasteiger charge is 2.31. The minimum absolute atomic E-state index is 0.268. The summed E-state index contributed by atoms with van der Waals surface area (Å²) in [4.78, 5) is 7.10. The lowest BCUT2D eigenvalue weighted by atomic mass is 10.1. The maximum Gasteiger partial charge on any atom is 0.573 e. The van der Waals surface area contributed by atoms with E-state index in [0.717, 1.165) is 56.5 Å².